The van der Waals surface area contributed by atoms with Crippen LogP contribution in [0.2, 0.25) is 0 Å². The summed E-state index contributed by atoms with van der Waals surface area (Å²) < 4.78 is 40.8. The van der Waals surface area contributed by atoms with Crippen LogP contribution in [0.3, 0.4) is 0 Å². The minimum absolute atomic E-state index is 0.0195. The Morgan fingerprint density at radius 2 is 1.53 bits per heavy atom. The zero-order valence-electron chi connectivity index (χ0n) is 24.8. The molecule has 1 atom stereocenters. The minimum atomic E-state index is -4.51. The number of benzene rings is 3. The van der Waals surface area contributed by atoms with Gasteiger partial charge in [0.05, 0.1) is 29.3 Å². The van der Waals surface area contributed by atoms with Gasteiger partial charge < -0.3 is 9.80 Å². The molecule has 0 aliphatic carbocycles. The molecule has 3 aromatic carbocycles. The Morgan fingerprint density at radius 3 is 2.18 bits per heavy atom. The Balaban J connectivity index is 1.33. The molecule has 4 aromatic rings. The van der Waals surface area contributed by atoms with E-state index in [1.54, 1.807) is 17.0 Å². The maximum Gasteiger partial charge on any atom is 0.416 e. The van der Waals surface area contributed by atoms with Crippen LogP contribution in [0.25, 0.3) is 10.9 Å². The van der Waals surface area contributed by atoms with Gasteiger partial charge in [0.1, 0.15) is 5.78 Å². The third kappa shape index (κ3) is 7.84. The summed E-state index contributed by atoms with van der Waals surface area (Å²) in [5, 5.41) is 0.342. The number of aromatic nitrogens is 2. The van der Waals surface area contributed by atoms with E-state index in [9.17, 15) is 32.3 Å². The number of anilines is 1. The molecule has 8 nitrogen and oxygen atoms in total. The molecule has 1 aromatic heterocycles. The molecule has 1 aliphatic rings. The fourth-order valence-electron chi connectivity index (χ4n) is 5.69. The van der Waals surface area contributed by atoms with Crippen molar-refractivity contribution in [1.29, 1.82) is 0 Å². The monoisotopic (exact) mass is 618 g/mol. The van der Waals surface area contributed by atoms with Gasteiger partial charge in [0.25, 0.3) is 5.56 Å². The van der Waals surface area contributed by atoms with Gasteiger partial charge in [-0.05, 0) is 47.4 Å². The van der Waals surface area contributed by atoms with Crippen molar-refractivity contribution in [1.82, 2.24) is 14.5 Å². The molecule has 234 valence electrons. The number of alkyl halides is 3. The van der Waals surface area contributed by atoms with Crippen molar-refractivity contribution in [3.05, 3.63) is 106 Å². The predicted octanol–water partition coefficient (Wildman–Crippen LogP) is 5.03. The van der Waals surface area contributed by atoms with Crippen LogP contribution in [0.1, 0.15) is 42.4 Å². The Kier molecular flexibility index (Phi) is 9.45. The second-order valence-electron chi connectivity index (χ2n) is 11.3. The molecule has 0 spiro atoms. The van der Waals surface area contributed by atoms with E-state index < -0.39 is 23.2 Å². The zero-order chi connectivity index (χ0) is 32.1. The van der Waals surface area contributed by atoms with Crippen LogP contribution in [0, 0.1) is 0 Å². The molecular weight excluding hydrogens is 585 g/mol. The van der Waals surface area contributed by atoms with Crippen LogP contribution in [-0.4, -0.2) is 58.1 Å². The Labute approximate surface area is 258 Å². The van der Waals surface area contributed by atoms with Crippen molar-refractivity contribution < 1.29 is 27.6 Å². The highest BCUT2D eigenvalue weighted by Crippen LogP contribution is 2.32. The summed E-state index contributed by atoms with van der Waals surface area (Å²) in [5.41, 5.74) is 1.31. The average molecular weight is 619 g/mol. The number of ketones is 2. The SMILES string of the molecule is CC(=O)N1CCN(c2ccc3ncn(CC(=O)CC(CC(=O)Cc4ccccc4)c4ccc(C(F)(F)F)cc4)c(=O)c3c2)CC1. The molecule has 0 N–H and O–H groups in total. The van der Waals surface area contributed by atoms with Gasteiger partial charge in [-0.3, -0.25) is 23.7 Å². The van der Waals surface area contributed by atoms with Gasteiger partial charge in [-0.25, -0.2) is 4.98 Å². The second kappa shape index (κ2) is 13.5. The van der Waals surface area contributed by atoms with Crippen LogP contribution < -0.4 is 10.5 Å². The lowest BCUT2D eigenvalue weighted by atomic mass is 9.87. The van der Waals surface area contributed by atoms with E-state index in [4.69, 9.17) is 0 Å². The van der Waals surface area contributed by atoms with Crippen molar-refractivity contribution in [2.24, 2.45) is 0 Å². The first-order chi connectivity index (χ1) is 21.5. The lowest BCUT2D eigenvalue weighted by Crippen LogP contribution is -2.48. The van der Waals surface area contributed by atoms with Crippen LogP contribution in [-0.2, 0) is 33.5 Å². The lowest BCUT2D eigenvalue weighted by Gasteiger charge is -2.35. The van der Waals surface area contributed by atoms with E-state index in [2.05, 4.69) is 9.88 Å². The fourth-order valence-corrected chi connectivity index (χ4v) is 5.69. The van der Waals surface area contributed by atoms with Crippen molar-refractivity contribution >= 4 is 34.1 Å². The Morgan fingerprint density at radius 1 is 0.867 bits per heavy atom. The number of rotatable bonds is 10. The molecule has 5 rings (SSSR count). The molecule has 1 aliphatic heterocycles. The van der Waals surface area contributed by atoms with Crippen LogP contribution in [0.5, 0.6) is 0 Å². The molecule has 45 heavy (non-hydrogen) atoms. The van der Waals surface area contributed by atoms with Crippen LogP contribution in [0.15, 0.2) is 83.9 Å². The first-order valence-electron chi connectivity index (χ1n) is 14.7. The highest BCUT2D eigenvalue weighted by atomic mass is 19.4. The molecule has 0 saturated carbocycles. The van der Waals surface area contributed by atoms with Gasteiger partial charge in [0.15, 0.2) is 5.78 Å². The topological polar surface area (TPSA) is 92.6 Å². The van der Waals surface area contributed by atoms with Gasteiger partial charge in [-0.1, -0.05) is 42.5 Å². The molecule has 0 bridgehead atoms. The third-order valence-corrected chi connectivity index (χ3v) is 8.15. The number of piperazine rings is 1. The van der Waals surface area contributed by atoms with E-state index in [0.717, 1.165) is 23.4 Å². The average Bonchev–Trinajstić information content (AvgIpc) is 3.02. The van der Waals surface area contributed by atoms with Gasteiger partial charge >= 0.3 is 6.18 Å². The maximum absolute atomic E-state index is 13.4. The number of carbonyl (C=O) groups excluding carboxylic acids is 3. The number of fused-ring (bicyclic) bond motifs is 1. The summed E-state index contributed by atoms with van der Waals surface area (Å²) in [6, 6.07) is 18.9. The molecule has 1 unspecified atom stereocenters. The highest BCUT2D eigenvalue weighted by Gasteiger charge is 2.31. The van der Waals surface area contributed by atoms with E-state index in [-0.39, 0.29) is 43.3 Å². The number of amides is 1. The largest absolute Gasteiger partial charge is 0.416 e. The summed E-state index contributed by atoms with van der Waals surface area (Å²) in [4.78, 5) is 59.7. The van der Waals surface area contributed by atoms with Gasteiger partial charge in [-0.2, -0.15) is 13.2 Å². The minimum Gasteiger partial charge on any atom is -0.368 e. The van der Waals surface area contributed by atoms with Crippen molar-refractivity contribution in [2.75, 3.05) is 31.1 Å². The predicted molar refractivity (Wildman–Crippen MR) is 164 cm³/mol. The van der Waals surface area contributed by atoms with Crippen molar-refractivity contribution in [3.8, 4) is 0 Å². The van der Waals surface area contributed by atoms with Gasteiger partial charge in [-0.15, -0.1) is 0 Å². The number of Topliss-reactive ketones (excluding diaryl/α,β-unsaturated/α-hetero) is 2. The first-order valence-corrected chi connectivity index (χ1v) is 14.7. The van der Waals surface area contributed by atoms with Crippen LogP contribution in [0.4, 0.5) is 18.9 Å². The van der Waals surface area contributed by atoms with Crippen molar-refractivity contribution in [2.45, 2.75) is 44.8 Å². The summed E-state index contributed by atoms with van der Waals surface area (Å²) in [6.07, 6.45) is -3.26. The normalized spacial score (nSPS) is 14.4. The smallest absolute Gasteiger partial charge is 0.368 e. The molecular formula is C34H33F3N4O4. The second-order valence-corrected chi connectivity index (χ2v) is 11.3. The molecule has 1 amide bonds. The summed E-state index contributed by atoms with van der Waals surface area (Å²) in [5.74, 6) is -1.15. The third-order valence-electron chi connectivity index (χ3n) is 8.15. The standard InChI is InChI=1S/C34H33F3N4O4/c1-23(42)39-13-15-40(16-14-39)28-11-12-32-31(20-28)33(45)41(22-38-32)21-30(44)19-26(18-29(43)17-24-5-3-2-4-6-24)25-7-9-27(10-8-25)34(35,36)37/h2-12,20,22,26H,13-19,21H2,1H3. The van der Waals surface area contributed by atoms with Crippen molar-refractivity contribution in [3.63, 3.8) is 0 Å². The first kappa shape index (κ1) is 31.6. The molecule has 2 heterocycles. The number of halogens is 3. The quantitative estimate of drug-likeness (QED) is 0.248. The Bertz CT molecular complexity index is 1750. The highest BCUT2D eigenvalue weighted by molar-refractivity contribution is 5.85. The molecule has 1 saturated heterocycles. The van der Waals surface area contributed by atoms with E-state index in [1.165, 1.54) is 30.0 Å². The van der Waals surface area contributed by atoms with Crippen LogP contribution >= 0.6 is 0 Å². The molecule has 1 fully saturated rings. The van der Waals surface area contributed by atoms with Gasteiger partial charge in [0.2, 0.25) is 5.91 Å². The number of hydrogen-bond acceptors (Lipinski definition) is 6. The summed E-state index contributed by atoms with van der Waals surface area (Å²) in [7, 11) is 0. The lowest BCUT2D eigenvalue weighted by molar-refractivity contribution is -0.137. The van der Waals surface area contributed by atoms with E-state index in [1.807, 2.05) is 36.4 Å². The zero-order valence-corrected chi connectivity index (χ0v) is 24.8. The number of nitrogens with zero attached hydrogens (tertiary/aromatic N) is 4. The van der Waals surface area contributed by atoms with E-state index >= 15 is 0 Å². The van der Waals surface area contributed by atoms with Gasteiger partial charge in [0, 0.05) is 58.1 Å². The Hall–Kier alpha value is -4.80. The fraction of sp³-hybridized carbons (Fsp3) is 0.324. The number of carbonyl (C=O) groups is 3. The molecule has 11 heteroatoms. The molecule has 0 radical (unpaired) electrons. The summed E-state index contributed by atoms with van der Waals surface area (Å²) >= 11 is 0. The number of hydrogen-bond donors (Lipinski definition) is 0. The summed E-state index contributed by atoms with van der Waals surface area (Å²) in [6.45, 7) is 3.63. The van der Waals surface area contributed by atoms with E-state index in [0.29, 0.717) is 42.6 Å². The maximum atomic E-state index is 13.4.